The second kappa shape index (κ2) is 72.0. The molecule has 4 nitrogen and oxygen atoms in total. The second-order valence-electron chi connectivity index (χ2n) is 0. The summed E-state index contributed by atoms with van der Waals surface area (Å²) in [6.45, 7) is 0. The number of rotatable bonds is 0. The Morgan fingerprint density at radius 3 is 0.714 bits per heavy atom. The third-order valence-corrected chi connectivity index (χ3v) is 0. The molecule has 0 aromatic carbocycles. The average molecular weight is 376 g/mol. The monoisotopic (exact) mass is 376 g/mol. The van der Waals surface area contributed by atoms with E-state index in [1.54, 1.807) is 0 Å². The molecule has 0 saturated heterocycles. The van der Waals surface area contributed by atoms with Gasteiger partial charge in [0.1, 0.15) is 0 Å². The van der Waals surface area contributed by atoms with Crippen molar-refractivity contribution in [1.82, 2.24) is 0 Å². The van der Waals surface area contributed by atoms with Gasteiger partial charge in [-0.1, -0.05) is 0 Å². The maximum atomic E-state index is 7.83. The van der Waals surface area contributed by atoms with E-state index in [1.807, 2.05) is 0 Å². The molecule has 7 heavy (non-hydrogen) atoms. The quantitative estimate of drug-likeness (QED) is 0.559. The van der Waals surface area contributed by atoms with Gasteiger partial charge in [-0.3, -0.25) is 0 Å². The molecule has 0 heterocycles. The van der Waals surface area contributed by atoms with Gasteiger partial charge in [-0.15, -0.1) is 0 Å². The summed E-state index contributed by atoms with van der Waals surface area (Å²) in [5, 5.41) is 0. The van der Waals surface area contributed by atoms with Crippen molar-refractivity contribution >= 4 is 12.5 Å². The van der Waals surface area contributed by atoms with Crippen molar-refractivity contribution in [3.05, 3.63) is 0 Å². The van der Waals surface area contributed by atoms with Crippen molar-refractivity contribution in [3.63, 3.8) is 0 Å². The Labute approximate surface area is 114 Å². The minimum atomic E-state index is 0. The van der Waals surface area contributed by atoms with E-state index in [0.717, 1.165) is 0 Å². The van der Waals surface area contributed by atoms with E-state index in [1.165, 1.54) is 0 Å². The Morgan fingerprint density at radius 2 is 0.714 bits per heavy atom. The Bertz CT molecular complexity index is 9.65. The van der Waals surface area contributed by atoms with Gasteiger partial charge in [0.15, 0.2) is 12.5 Å². The van der Waals surface area contributed by atoms with Gasteiger partial charge in [0, 0.05) is 0 Å². The predicted molar refractivity (Wildman–Crippen MR) is 10.2 cm³/mol. The molecule has 0 rings (SSSR count). The number of hydrogen-bond donors (Lipinski definition) is 0. The molecule has 0 N–H and O–H groups in total. The summed E-state index contributed by atoms with van der Waals surface area (Å²) in [5.74, 6) is 0. The molecule has 0 saturated carbocycles. The molecule has 38 valence electrons. The first kappa shape index (κ1) is 54.2. The fourth-order valence-corrected chi connectivity index (χ4v) is 0. The van der Waals surface area contributed by atoms with Gasteiger partial charge in [0.2, 0.25) is 0 Å². The molecule has 0 aliphatic carbocycles. The zero-order valence-electron chi connectivity index (χ0n) is 3.04. The van der Waals surface area contributed by atoms with Gasteiger partial charge in [-0.25, -0.2) is 0 Å². The van der Waals surface area contributed by atoms with E-state index < -0.39 is 0 Å². The molecule has 0 unspecified atom stereocenters. The zero-order valence-corrected chi connectivity index (χ0v) is 10.1. The first-order chi connectivity index (χ1) is 1.00. The molecule has 0 aliphatic heterocycles. The van der Waals surface area contributed by atoms with Crippen molar-refractivity contribution in [1.29, 1.82) is 0 Å². The molecule has 0 bridgehead atoms. The second-order valence-corrected chi connectivity index (χ2v) is 0. The molecular formula is Ce2O4S. The van der Waals surface area contributed by atoms with Crippen LogP contribution in [-0.4, -0.2) is 4.21 Å². The van der Waals surface area contributed by atoms with Gasteiger partial charge < -0.3 is 16.4 Å². The van der Waals surface area contributed by atoms with Crippen molar-refractivity contribution in [2.75, 3.05) is 0 Å². The van der Waals surface area contributed by atoms with Crippen LogP contribution in [-0.2, 0) is 29.0 Å². The Kier molecular flexibility index (Phi) is 557. The summed E-state index contributed by atoms with van der Waals surface area (Å²) in [4.78, 5) is 0. The van der Waals surface area contributed by atoms with Gasteiger partial charge >= 0.3 is 83.5 Å². The van der Waals surface area contributed by atoms with Crippen LogP contribution in [0.25, 0.3) is 0 Å². The van der Waals surface area contributed by atoms with Crippen LogP contribution in [0.2, 0.25) is 0 Å². The predicted octanol–water partition coefficient (Wildman–Crippen LogP) is -0.693. The van der Waals surface area contributed by atoms with Crippen molar-refractivity contribution in [3.8, 4) is 0 Å². The molecule has 0 fully saturated rings. The summed E-state index contributed by atoms with van der Waals surface area (Å²) >= 11 is 2.83. The van der Waals surface area contributed by atoms with Gasteiger partial charge in [0.05, 0.1) is 0 Å². The molecule has 0 spiro atoms. The van der Waals surface area contributed by atoms with Crippen LogP contribution in [0.5, 0.6) is 0 Å². The molecular weight excluding hydrogens is 376 g/mol. The minimum Gasteiger partial charge on any atom is -2.00 e. The standard InChI is InChI=1S/2Ce.OS.3O/c;;1-2;;;/q2*+3;;3*-2. The van der Waals surface area contributed by atoms with Crippen LogP contribution < -0.4 is 0 Å². The van der Waals surface area contributed by atoms with Crippen LogP contribution in [0.3, 0.4) is 0 Å². The van der Waals surface area contributed by atoms with E-state index in [9.17, 15) is 0 Å². The van der Waals surface area contributed by atoms with Crippen molar-refractivity contribution in [2.45, 2.75) is 0 Å². The van der Waals surface area contributed by atoms with Gasteiger partial charge in [0.25, 0.3) is 0 Å². The molecule has 0 aromatic heterocycles. The molecule has 0 amide bonds. The van der Waals surface area contributed by atoms with E-state index in [4.69, 9.17) is 4.21 Å². The molecule has 0 aromatic rings. The van der Waals surface area contributed by atoms with Gasteiger partial charge in [-0.2, -0.15) is 4.21 Å². The third-order valence-electron chi connectivity index (χ3n) is 0. The fourth-order valence-electron chi connectivity index (χ4n) is 0. The summed E-state index contributed by atoms with van der Waals surface area (Å²) < 4.78 is 7.83. The zero-order chi connectivity index (χ0) is 2.00. The van der Waals surface area contributed by atoms with Crippen LogP contribution >= 0.6 is 0 Å². The first-order valence-electron chi connectivity index (χ1n) is 0.167. The van der Waals surface area contributed by atoms with Crippen LogP contribution in [0, 0.1) is 83.5 Å². The average Bonchev–Trinajstić information content (AvgIpc) is 1.00. The molecule has 0 atom stereocenters. The van der Waals surface area contributed by atoms with E-state index in [2.05, 4.69) is 12.5 Å². The largest absolute Gasteiger partial charge is 3.00 e. The SMILES string of the molecule is O=S.[Ce+3].[Ce+3].[O-2].[O-2].[O-2]. The maximum Gasteiger partial charge on any atom is 3.00 e. The Morgan fingerprint density at radius 1 is 0.714 bits per heavy atom. The molecule has 2 radical (unpaired) electrons. The fraction of sp³-hybridized carbons (Fsp3) is 0. The summed E-state index contributed by atoms with van der Waals surface area (Å²) in [6.07, 6.45) is 0. The van der Waals surface area contributed by atoms with Crippen molar-refractivity contribution < 1.29 is 104 Å². The molecule has 0 aliphatic rings. The van der Waals surface area contributed by atoms with E-state index in [0.29, 0.717) is 0 Å². The van der Waals surface area contributed by atoms with Crippen LogP contribution in [0.1, 0.15) is 0 Å². The smallest absolute Gasteiger partial charge is 2.00 e. The van der Waals surface area contributed by atoms with Gasteiger partial charge in [-0.05, 0) is 0 Å². The minimum absolute atomic E-state index is 0. The van der Waals surface area contributed by atoms with E-state index in [-0.39, 0.29) is 99.9 Å². The summed E-state index contributed by atoms with van der Waals surface area (Å²) in [7, 11) is 0. The molecule has 7 heteroatoms. The topological polar surface area (TPSA) is 103 Å². The Balaban J connectivity index is -0.000000000500. The van der Waals surface area contributed by atoms with Crippen LogP contribution in [0.15, 0.2) is 0 Å². The third kappa shape index (κ3) is 54.4. The summed E-state index contributed by atoms with van der Waals surface area (Å²) in [6, 6.07) is 0. The maximum absolute atomic E-state index is 7.83. The van der Waals surface area contributed by atoms with E-state index >= 15 is 0 Å². The first-order valence-corrected chi connectivity index (χ1v) is 0.500. The summed E-state index contributed by atoms with van der Waals surface area (Å²) in [5.41, 5.74) is 0. The normalized spacial score (nSPS) is 0.571. The van der Waals surface area contributed by atoms with Crippen LogP contribution in [0.4, 0.5) is 0 Å². The number of hydrogen-bond acceptors (Lipinski definition) is 2. The Hall–Kier alpha value is 2.65. The van der Waals surface area contributed by atoms with Crippen molar-refractivity contribution in [2.24, 2.45) is 0 Å².